The maximum Gasteiger partial charge on any atom is 0.509 e. The number of aliphatic hydroxyl groups excluding tert-OH is 1. The van der Waals surface area contributed by atoms with Crippen LogP contribution in [0.2, 0.25) is 0 Å². The van der Waals surface area contributed by atoms with E-state index < -0.39 is 47.8 Å². The third kappa shape index (κ3) is 7.37. The highest BCUT2D eigenvalue weighted by molar-refractivity contribution is 5.91. The molecule has 254 valence electrons. The number of aromatic nitrogens is 4. The number of methoxy groups -OCH3 is 1. The fourth-order valence-electron chi connectivity index (χ4n) is 5.03. The topological polar surface area (TPSA) is 219 Å². The third-order valence-corrected chi connectivity index (χ3v) is 7.57. The maximum atomic E-state index is 12.9. The molecule has 4 atom stereocenters. The van der Waals surface area contributed by atoms with Gasteiger partial charge in [0.2, 0.25) is 11.9 Å². The van der Waals surface area contributed by atoms with Crippen molar-refractivity contribution in [2.75, 3.05) is 19.0 Å². The number of nitrogens with zero attached hydrogens (tertiary/aromatic N) is 4. The van der Waals surface area contributed by atoms with Crippen molar-refractivity contribution < 1.29 is 43.3 Å². The summed E-state index contributed by atoms with van der Waals surface area (Å²) in [5.41, 5.74) is -0.0178. The van der Waals surface area contributed by atoms with Gasteiger partial charge in [-0.2, -0.15) is 4.98 Å². The quantitative estimate of drug-likeness (QED) is 0.111. The molecule has 1 amide bonds. The molecular formula is C31H34N6O11. The molecule has 0 bridgehead atoms. The zero-order valence-corrected chi connectivity index (χ0v) is 26.4. The molecule has 1 saturated heterocycles. The van der Waals surface area contributed by atoms with E-state index in [9.17, 15) is 29.6 Å². The molecular weight excluding hydrogens is 632 g/mol. The predicted octanol–water partition coefficient (Wildman–Crippen LogP) is 3.77. The SMILES string of the molecule is COc1cc([C@@H](C)OC(=O)O[C@H]2C[C@H](n3cnc4c(=O)[nH]c(NC(=O)C(C)C)nc43)O[C@@H]2CO)c([N+](=O)[O-])cc1OCc1ccccc1. The highest BCUT2D eigenvalue weighted by Crippen LogP contribution is 2.39. The van der Waals surface area contributed by atoms with Gasteiger partial charge in [0.1, 0.15) is 31.1 Å². The lowest BCUT2D eigenvalue weighted by Gasteiger charge is -2.19. The smallest absolute Gasteiger partial charge is 0.493 e. The van der Waals surface area contributed by atoms with Gasteiger partial charge in [0.25, 0.3) is 11.2 Å². The number of fused-ring (bicyclic) bond motifs is 1. The number of nitrogens with one attached hydrogen (secondary N) is 2. The average Bonchev–Trinajstić information content (AvgIpc) is 3.67. The molecule has 0 radical (unpaired) electrons. The van der Waals surface area contributed by atoms with Crippen molar-refractivity contribution in [3.8, 4) is 11.5 Å². The molecule has 17 heteroatoms. The van der Waals surface area contributed by atoms with Gasteiger partial charge < -0.3 is 28.8 Å². The van der Waals surface area contributed by atoms with E-state index in [1.165, 1.54) is 37.1 Å². The molecule has 0 aliphatic carbocycles. The Morgan fingerprint density at radius 1 is 1.21 bits per heavy atom. The molecule has 48 heavy (non-hydrogen) atoms. The first-order valence-corrected chi connectivity index (χ1v) is 14.9. The first-order chi connectivity index (χ1) is 23.0. The average molecular weight is 667 g/mol. The number of imidazole rings is 1. The molecule has 5 rings (SSSR count). The van der Waals surface area contributed by atoms with E-state index in [0.29, 0.717) is 0 Å². The summed E-state index contributed by atoms with van der Waals surface area (Å²) in [6.07, 6.45) is -3.90. The van der Waals surface area contributed by atoms with Crippen molar-refractivity contribution >= 4 is 34.9 Å². The van der Waals surface area contributed by atoms with E-state index in [-0.39, 0.29) is 64.7 Å². The number of H-pyrrole nitrogens is 1. The summed E-state index contributed by atoms with van der Waals surface area (Å²) in [6.45, 7) is 4.40. The number of hydrogen-bond donors (Lipinski definition) is 3. The molecule has 2 aromatic carbocycles. The maximum absolute atomic E-state index is 12.9. The monoisotopic (exact) mass is 666 g/mol. The van der Waals surface area contributed by atoms with Crippen LogP contribution in [0.25, 0.3) is 11.2 Å². The Hall–Kier alpha value is -5.55. The molecule has 3 heterocycles. The standard InChI is InChI=1S/C31H34N6O11/c1-16(2)28(39)34-30-33-27-26(29(40)35-30)32-15-36(27)25-12-23(24(13-38)47-25)48-31(41)46-17(3)19-10-21(44-4)22(11-20(19)37(42)43)45-14-18-8-6-5-7-9-18/h5-11,15-17,23-25,38H,12-14H2,1-4H3,(H2,33,34,35,39,40)/t17-,23+,24-,25-/m1/s1. The van der Waals surface area contributed by atoms with E-state index in [0.717, 1.165) is 5.56 Å². The number of rotatable bonds is 12. The van der Waals surface area contributed by atoms with Gasteiger partial charge in [-0.15, -0.1) is 0 Å². The lowest BCUT2D eigenvalue weighted by molar-refractivity contribution is -0.386. The zero-order valence-electron chi connectivity index (χ0n) is 26.4. The lowest BCUT2D eigenvalue weighted by Crippen LogP contribution is -2.30. The second kappa shape index (κ2) is 14.5. The fourth-order valence-corrected chi connectivity index (χ4v) is 5.03. The van der Waals surface area contributed by atoms with Gasteiger partial charge >= 0.3 is 6.16 Å². The number of benzene rings is 2. The van der Waals surface area contributed by atoms with E-state index in [4.69, 9.17) is 23.7 Å². The number of carbonyl (C=O) groups excluding carboxylic acids is 2. The molecule has 0 spiro atoms. The number of nitro benzene ring substituents is 1. The van der Waals surface area contributed by atoms with Crippen LogP contribution in [-0.2, 0) is 25.6 Å². The number of carbonyl (C=O) groups is 2. The van der Waals surface area contributed by atoms with Gasteiger partial charge in [0, 0.05) is 12.3 Å². The van der Waals surface area contributed by atoms with Crippen LogP contribution in [0.3, 0.4) is 0 Å². The number of aromatic amines is 1. The largest absolute Gasteiger partial charge is 0.509 e. The molecule has 1 aliphatic rings. The Balaban J connectivity index is 1.29. The van der Waals surface area contributed by atoms with Crippen LogP contribution < -0.4 is 20.3 Å². The van der Waals surface area contributed by atoms with Crippen molar-refractivity contribution in [1.29, 1.82) is 0 Å². The third-order valence-electron chi connectivity index (χ3n) is 7.57. The summed E-state index contributed by atoms with van der Waals surface area (Å²) in [4.78, 5) is 59.9. The Morgan fingerprint density at radius 3 is 2.62 bits per heavy atom. The normalized spacial score (nSPS) is 18.0. The van der Waals surface area contributed by atoms with Crippen LogP contribution in [0, 0.1) is 16.0 Å². The van der Waals surface area contributed by atoms with Crippen LogP contribution in [0.4, 0.5) is 16.4 Å². The van der Waals surface area contributed by atoms with Gasteiger partial charge in [0.05, 0.1) is 36.6 Å². The molecule has 3 N–H and O–H groups in total. The minimum Gasteiger partial charge on any atom is -0.493 e. The Labute approximate surface area is 272 Å². The van der Waals surface area contributed by atoms with Gasteiger partial charge in [0.15, 0.2) is 22.7 Å². The number of nitro groups is 1. The summed E-state index contributed by atoms with van der Waals surface area (Å²) in [7, 11) is 1.38. The van der Waals surface area contributed by atoms with Crippen molar-refractivity contribution in [1.82, 2.24) is 19.5 Å². The zero-order chi connectivity index (χ0) is 34.5. The summed E-state index contributed by atoms with van der Waals surface area (Å²) in [6, 6.07) is 11.8. The van der Waals surface area contributed by atoms with Gasteiger partial charge in [-0.05, 0) is 18.6 Å². The lowest BCUT2D eigenvalue weighted by atomic mass is 10.1. The summed E-state index contributed by atoms with van der Waals surface area (Å²) in [5.74, 6) is -0.500. The molecule has 17 nitrogen and oxygen atoms in total. The second-order valence-corrected chi connectivity index (χ2v) is 11.2. The van der Waals surface area contributed by atoms with Crippen LogP contribution >= 0.6 is 0 Å². The van der Waals surface area contributed by atoms with Gasteiger partial charge in [-0.3, -0.25) is 34.6 Å². The van der Waals surface area contributed by atoms with E-state index >= 15 is 0 Å². The molecule has 2 aromatic heterocycles. The molecule has 0 saturated carbocycles. The van der Waals surface area contributed by atoms with Gasteiger partial charge in [-0.1, -0.05) is 44.2 Å². The minimum atomic E-state index is -1.17. The van der Waals surface area contributed by atoms with E-state index in [1.54, 1.807) is 13.8 Å². The number of hydrogen-bond acceptors (Lipinski definition) is 13. The highest BCUT2D eigenvalue weighted by Gasteiger charge is 2.40. The summed E-state index contributed by atoms with van der Waals surface area (Å²) in [5, 5.41) is 24.5. The first kappa shape index (κ1) is 33.8. The number of aliphatic hydroxyl groups is 1. The Morgan fingerprint density at radius 2 is 1.96 bits per heavy atom. The van der Waals surface area contributed by atoms with Crippen molar-refractivity contribution in [2.45, 2.75) is 58.3 Å². The number of amides is 1. The fraction of sp³-hybridized carbons (Fsp3) is 0.387. The van der Waals surface area contributed by atoms with Crippen molar-refractivity contribution in [2.24, 2.45) is 5.92 Å². The molecule has 1 fully saturated rings. The summed E-state index contributed by atoms with van der Waals surface area (Å²) < 4.78 is 29.4. The molecule has 4 aromatic rings. The second-order valence-electron chi connectivity index (χ2n) is 11.2. The number of anilines is 1. The van der Waals surface area contributed by atoms with Crippen LogP contribution in [-0.4, -0.2) is 67.5 Å². The van der Waals surface area contributed by atoms with Gasteiger partial charge in [-0.25, -0.2) is 9.78 Å². The minimum absolute atomic E-state index is 0.00372. The first-order valence-electron chi connectivity index (χ1n) is 14.9. The van der Waals surface area contributed by atoms with Crippen molar-refractivity contribution in [3.63, 3.8) is 0 Å². The molecule has 0 unspecified atom stereocenters. The van der Waals surface area contributed by atoms with Crippen LogP contribution in [0.5, 0.6) is 11.5 Å². The van der Waals surface area contributed by atoms with E-state index in [2.05, 4.69) is 20.3 Å². The Bertz CT molecular complexity index is 1860. The highest BCUT2D eigenvalue weighted by atomic mass is 16.7. The van der Waals surface area contributed by atoms with Crippen LogP contribution in [0.15, 0.2) is 53.6 Å². The van der Waals surface area contributed by atoms with E-state index in [1.807, 2.05) is 30.3 Å². The Kier molecular flexibility index (Phi) is 10.2. The molecule has 1 aliphatic heterocycles. The number of ether oxygens (including phenoxy) is 5. The predicted molar refractivity (Wildman–Crippen MR) is 167 cm³/mol. The summed E-state index contributed by atoms with van der Waals surface area (Å²) >= 11 is 0. The van der Waals surface area contributed by atoms with Crippen LogP contribution in [0.1, 0.15) is 50.7 Å². The van der Waals surface area contributed by atoms with Crippen molar-refractivity contribution in [3.05, 3.63) is 80.4 Å².